The number of para-hydroxylation sites is 2. The Bertz CT molecular complexity index is 834. The van der Waals surface area contributed by atoms with Gasteiger partial charge in [0.05, 0.1) is 12.3 Å². The van der Waals surface area contributed by atoms with Gasteiger partial charge in [0.2, 0.25) is 11.8 Å². The molecule has 1 saturated carbocycles. The molecule has 0 bridgehead atoms. The lowest BCUT2D eigenvalue weighted by atomic mass is 10.0. The predicted molar refractivity (Wildman–Crippen MR) is 101 cm³/mol. The summed E-state index contributed by atoms with van der Waals surface area (Å²) in [6.07, 6.45) is 1.38. The van der Waals surface area contributed by atoms with Gasteiger partial charge in [0.25, 0.3) is 0 Å². The second-order valence-corrected chi connectivity index (χ2v) is 6.56. The van der Waals surface area contributed by atoms with Gasteiger partial charge in [0.1, 0.15) is 17.0 Å². The molecule has 0 atom stereocenters. The molecule has 1 fully saturated rings. The number of rotatable bonds is 8. The Morgan fingerprint density at radius 1 is 1.07 bits per heavy atom. The molecule has 0 heterocycles. The third kappa shape index (κ3) is 4.27. The number of halogens is 1. The van der Waals surface area contributed by atoms with Crippen LogP contribution in [-0.4, -0.2) is 25.0 Å². The first kappa shape index (κ1) is 18.9. The van der Waals surface area contributed by atoms with Gasteiger partial charge in [-0.2, -0.15) is 0 Å². The van der Waals surface area contributed by atoms with Crippen LogP contribution < -0.4 is 15.4 Å². The molecular formula is C21H23FN2O3. The Morgan fingerprint density at radius 3 is 2.48 bits per heavy atom. The second-order valence-electron chi connectivity index (χ2n) is 6.56. The van der Waals surface area contributed by atoms with E-state index >= 15 is 0 Å². The summed E-state index contributed by atoms with van der Waals surface area (Å²) in [4.78, 5) is 25.2. The number of carbonyl (C=O) groups is 2. The molecule has 27 heavy (non-hydrogen) atoms. The van der Waals surface area contributed by atoms with Crippen molar-refractivity contribution in [2.75, 3.05) is 18.5 Å². The second kappa shape index (κ2) is 8.20. The first-order valence-corrected chi connectivity index (χ1v) is 9.12. The number of anilines is 1. The molecular weight excluding hydrogens is 347 g/mol. The zero-order chi connectivity index (χ0) is 19.3. The van der Waals surface area contributed by atoms with Gasteiger partial charge in [-0.3, -0.25) is 9.59 Å². The van der Waals surface area contributed by atoms with Crippen molar-refractivity contribution in [2.24, 2.45) is 5.41 Å². The van der Waals surface area contributed by atoms with Crippen molar-refractivity contribution >= 4 is 17.5 Å². The highest BCUT2D eigenvalue weighted by Crippen LogP contribution is 2.47. The van der Waals surface area contributed by atoms with Crippen LogP contribution in [0, 0.1) is 11.2 Å². The van der Waals surface area contributed by atoms with E-state index in [1.54, 1.807) is 36.4 Å². The highest BCUT2D eigenvalue weighted by molar-refractivity contribution is 6.13. The maximum atomic E-state index is 13.6. The van der Waals surface area contributed by atoms with Gasteiger partial charge < -0.3 is 15.4 Å². The van der Waals surface area contributed by atoms with Gasteiger partial charge >= 0.3 is 0 Å². The zero-order valence-electron chi connectivity index (χ0n) is 15.3. The van der Waals surface area contributed by atoms with Gasteiger partial charge in [-0.15, -0.1) is 0 Å². The molecule has 2 aromatic rings. The number of nitrogens with one attached hydrogen (secondary N) is 2. The fourth-order valence-corrected chi connectivity index (χ4v) is 2.96. The van der Waals surface area contributed by atoms with Crippen molar-refractivity contribution in [1.82, 2.24) is 5.32 Å². The van der Waals surface area contributed by atoms with Crippen molar-refractivity contribution in [3.8, 4) is 5.75 Å². The summed E-state index contributed by atoms with van der Waals surface area (Å²) < 4.78 is 19.1. The van der Waals surface area contributed by atoms with Crippen molar-refractivity contribution < 1.29 is 18.7 Å². The van der Waals surface area contributed by atoms with E-state index in [0.29, 0.717) is 42.9 Å². The van der Waals surface area contributed by atoms with Crippen LogP contribution in [-0.2, 0) is 16.0 Å². The maximum Gasteiger partial charge on any atom is 0.240 e. The van der Waals surface area contributed by atoms with Crippen LogP contribution in [0.4, 0.5) is 10.1 Å². The van der Waals surface area contributed by atoms with E-state index in [1.165, 1.54) is 6.07 Å². The third-order valence-electron chi connectivity index (χ3n) is 4.69. The van der Waals surface area contributed by atoms with Gasteiger partial charge in [0.15, 0.2) is 0 Å². The van der Waals surface area contributed by atoms with Crippen molar-refractivity contribution in [2.45, 2.75) is 26.2 Å². The molecule has 0 aromatic heterocycles. The molecule has 0 spiro atoms. The Hall–Kier alpha value is -2.89. The highest BCUT2D eigenvalue weighted by atomic mass is 19.1. The summed E-state index contributed by atoms with van der Waals surface area (Å²) in [6, 6.07) is 13.6. The number of carbonyl (C=O) groups excluding carboxylic acids is 2. The van der Waals surface area contributed by atoms with Crippen molar-refractivity contribution in [3.63, 3.8) is 0 Å². The average molecular weight is 370 g/mol. The van der Waals surface area contributed by atoms with E-state index < -0.39 is 5.41 Å². The van der Waals surface area contributed by atoms with Gasteiger partial charge in [0, 0.05) is 6.54 Å². The summed E-state index contributed by atoms with van der Waals surface area (Å²) in [5.74, 6) is -0.370. The average Bonchev–Trinajstić information content (AvgIpc) is 3.47. The molecule has 3 rings (SSSR count). The number of amides is 2. The quantitative estimate of drug-likeness (QED) is 0.701. The molecule has 142 valence electrons. The summed E-state index contributed by atoms with van der Waals surface area (Å²) in [5.41, 5.74) is 0.0432. The first-order valence-electron chi connectivity index (χ1n) is 9.12. The monoisotopic (exact) mass is 370 g/mol. The predicted octanol–water partition coefficient (Wildman–Crippen LogP) is 3.30. The van der Waals surface area contributed by atoms with Crippen LogP contribution >= 0.6 is 0 Å². The molecule has 2 N–H and O–H groups in total. The van der Waals surface area contributed by atoms with Gasteiger partial charge in [-0.25, -0.2) is 4.39 Å². The minimum absolute atomic E-state index is 0.282. The molecule has 1 aliphatic rings. The van der Waals surface area contributed by atoms with Crippen LogP contribution in [0.2, 0.25) is 0 Å². The minimum atomic E-state index is -1.05. The number of hydrogen-bond donors (Lipinski definition) is 2. The first-order chi connectivity index (χ1) is 13.1. The standard InChI is InChI=1S/C21H23FN2O3/c1-2-27-18-10-6-5-9-17(18)24-20(26)21(12-13-21)19(25)23-14-11-15-7-3-4-8-16(15)22/h3-10H,2,11-14H2,1H3,(H,23,25)(H,24,26). The van der Waals surface area contributed by atoms with Crippen molar-refractivity contribution in [1.29, 1.82) is 0 Å². The van der Waals surface area contributed by atoms with Crippen LogP contribution in [0.1, 0.15) is 25.3 Å². The molecule has 6 heteroatoms. The van der Waals surface area contributed by atoms with E-state index in [4.69, 9.17) is 4.74 Å². The Morgan fingerprint density at radius 2 is 1.78 bits per heavy atom. The lowest BCUT2D eigenvalue weighted by molar-refractivity contribution is -0.134. The summed E-state index contributed by atoms with van der Waals surface area (Å²) in [7, 11) is 0. The van der Waals surface area contributed by atoms with E-state index in [-0.39, 0.29) is 24.2 Å². The molecule has 0 aliphatic heterocycles. The Kier molecular flexibility index (Phi) is 5.74. The molecule has 1 aliphatic carbocycles. The van der Waals surface area contributed by atoms with E-state index in [9.17, 15) is 14.0 Å². The molecule has 2 amide bonds. The summed E-state index contributed by atoms with van der Waals surface area (Å²) in [5, 5.41) is 5.58. The molecule has 2 aromatic carbocycles. The fourth-order valence-electron chi connectivity index (χ4n) is 2.96. The number of ether oxygens (including phenoxy) is 1. The van der Waals surface area contributed by atoms with Crippen LogP contribution in [0.3, 0.4) is 0 Å². The lowest BCUT2D eigenvalue weighted by Gasteiger charge is -2.17. The topological polar surface area (TPSA) is 67.4 Å². The molecule has 5 nitrogen and oxygen atoms in total. The third-order valence-corrected chi connectivity index (χ3v) is 4.69. The van der Waals surface area contributed by atoms with Crippen molar-refractivity contribution in [3.05, 3.63) is 59.9 Å². The van der Waals surface area contributed by atoms with Crippen LogP contribution in [0.15, 0.2) is 48.5 Å². The van der Waals surface area contributed by atoms with Crippen LogP contribution in [0.25, 0.3) is 0 Å². The fraction of sp³-hybridized carbons (Fsp3) is 0.333. The number of benzene rings is 2. The number of hydrogen-bond acceptors (Lipinski definition) is 3. The molecule has 0 unspecified atom stereocenters. The smallest absolute Gasteiger partial charge is 0.240 e. The highest BCUT2D eigenvalue weighted by Gasteiger charge is 2.56. The normalized spacial score (nSPS) is 14.3. The zero-order valence-corrected chi connectivity index (χ0v) is 15.3. The summed E-state index contributed by atoms with van der Waals surface area (Å²) in [6.45, 7) is 2.63. The van der Waals surface area contributed by atoms with E-state index in [2.05, 4.69) is 10.6 Å². The van der Waals surface area contributed by atoms with Gasteiger partial charge in [-0.05, 0) is 49.9 Å². The van der Waals surface area contributed by atoms with E-state index in [1.807, 2.05) is 13.0 Å². The van der Waals surface area contributed by atoms with Crippen LogP contribution in [0.5, 0.6) is 5.75 Å². The minimum Gasteiger partial charge on any atom is -0.492 e. The Labute approximate surface area is 157 Å². The Balaban J connectivity index is 1.58. The SMILES string of the molecule is CCOc1ccccc1NC(=O)C1(C(=O)NCCc2ccccc2F)CC1. The lowest BCUT2D eigenvalue weighted by Crippen LogP contribution is -2.40. The molecule has 0 saturated heterocycles. The maximum absolute atomic E-state index is 13.6. The largest absolute Gasteiger partial charge is 0.492 e. The molecule has 0 radical (unpaired) electrons. The van der Waals surface area contributed by atoms with E-state index in [0.717, 1.165) is 0 Å². The summed E-state index contributed by atoms with van der Waals surface area (Å²) >= 11 is 0. The van der Waals surface area contributed by atoms with Gasteiger partial charge in [-0.1, -0.05) is 30.3 Å².